The van der Waals surface area contributed by atoms with E-state index in [0.717, 1.165) is 18.7 Å². The summed E-state index contributed by atoms with van der Waals surface area (Å²) in [6.07, 6.45) is 0. The zero-order chi connectivity index (χ0) is 13.8. The fraction of sp³-hybridized carbons (Fsp3) is 0.267. The van der Waals surface area contributed by atoms with Gasteiger partial charge in [-0.2, -0.15) is 0 Å². The summed E-state index contributed by atoms with van der Waals surface area (Å²) < 4.78 is 0. The number of aryl methyl sites for hydroxylation is 2. The third-order valence-corrected chi connectivity index (χ3v) is 4.21. The molecule has 1 aromatic carbocycles. The maximum absolute atomic E-state index is 11.1. The maximum atomic E-state index is 11.1. The first kappa shape index (κ1) is 13.8. The van der Waals surface area contributed by atoms with Gasteiger partial charge in [0.15, 0.2) is 0 Å². The van der Waals surface area contributed by atoms with E-state index >= 15 is 0 Å². The highest BCUT2D eigenvalue weighted by molar-refractivity contribution is 7.12. The van der Waals surface area contributed by atoms with Crippen molar-refractivity contribution in [2.24, 2.45) is 5.73 Å². The van der Waals surface area contributed by atoms with Crippen molar-refractivity contribution in [1.82, 2.24) is 5.32 Å². The minimum Gasteiger partial charge on any atom is -0.366 e. The van der Waals surface area contributed by atoms with Gasteiger partial charge >= 0.3 is 0 Å². The van der Waals surface area contributed by atoms with Gasteiger partial charge in [0, 0.05) is 28.4 Å². The smallest absolute Gasteiger partial charge is 0.248 e. The van der Waals surface area contributed by atoms with Gasteiger partial charge in [0.25, 0.3) is 0 Å². The van der Waals surface area contributed by atoms with Crippen LogP contribution < -0.4 is 11.1 Å². The van der Waals surface area contributed by atoms with E-state index in [-0.39, 0.29) is 5.91 Å². The number of amides is 1. The fourth-order valence-corrected chi connectivity index (χ4v) is 2.92. The van der Waals surface area contributed by atoms with Gasteiger partial charge in [-0.3, -0.25) is 4.79 Å². The Kier molecular flexibility index (Phi) is 4.35. The molecule has 2 rings (SSSR count). The average molecular weight is 274 g/mol. The second kappa shape index (κ2) is 5.99. The number of rotatable bonds is 5. The van der Waals surface area contributed by atoms with Crippen LogP contribution in [0.25, 0.3) is 0 Å². The van der Waals surface area contributed by atoms with Crippen molar-refractivity contribution < 1.29 is 4.79 Å². The quantitative estimate of drug-likeness (QED) is 0.881. The lowest BCUT2D eigenvalue weighted by molar-refractivity contribution is 0.1000. The van der Waals surface area contributed by atoms with Gasteiger partial charge in [-0.05, 0) is 43.2 Å². The zero-order valence-corrected chi connectivity index (χ0v) is 12.0. The molecule has 4 heteroatoms. The van der Waals surface area contributed by atoms with E-state index in [0.29, 0.717) is 5.56 Å². The first-order valence-electron chi connectivity index (χ1n) is 6.21. The van der Waals surface area contributed by atoms with Gasteiger partial charge < -0.3 is 11.1 Å². The largest absolute Gasteiger partial charge is 0.366 e. The molecule has 0 saturated heterocycles. The predicted molar refractivity (Wildman–Crippen MR) is 79.3 cm³/mol. The monoisotopic (exact) mass is 274 g/mol. The number of carbonyl (C=O) groups is 1. The van der Waals surface area contributed by atoms with E-state index in [9.17, 15) is 4.79 Å². The van der Waals surface area contributed by atoms with Crippen molar-refractivity contribution in [3.63, 3.8) is 0 Å². The van der Waals surface area contributed by atoms with Gasteiger partial charge in [-0.1, -0.05) is 12.1 Å². The molecule has 3 nitrogen and oxygen atoms in total. The molecule has 0 radical (unpaired) electrons. The van der Waals surface area contributed by atoms with Gasteiger partial charge in [0.1, 0.15) is 0 Å². The Morgan fingerprint density at radius 1 is 1.26 bits per heavy atom. The van der Waals surface area contributed by atoms with Crippen LogP contribution in [0.3, 0.4) is 0 Å². The molecular formula is C15H18N2OS. The number of benzene rings is 1. The predicted octanol–water partition coefficient (Wildman–Crippen LogP) is 2.75. The van der Waals surface area contributed by atoms with Crippen LogP contribution in [0.5, 0.6) is 0 Å². The summed E-state index contributed by atoms with van der Waals surface area (Å²) in [4.78, 5) is 13.8. The van der Waals surface area contributed by atoms with Crippen molar-refractivity contribution >= 4 is 17.2 Å². The normalized spacial score (nSPS) is 10.6. The second-order valence-electron chi connectivity index (χ2n) is 4.62. The second-order valence-corrected chi connectivity index (χ2v) is 5.96. The minimum absolute atomic E-state index is 0.383. The van der Waals surface area contributed by atoms with Crippen LogP contribution >= 0.6 is 11.3 Å². The molecule has 3 N–H and O–H groups in total. The van der Waals surface area contributed by atoms with E-state index in [2.05, 4.69) is 25.2 Å². The highest BCUT2D eigenvalue weighted by Crippen LogP contribution is 2.20. The molecule has 0 saturated carbocycles. The maximum Gasteiger partial charge on any atom is 0.248 e. The third-order valence-electron chi connectivity index (χ3n) is 3.06. The molecule has 1 amide bonds. The van der Waals surface area contributed by atoms with E-state index < -0.39 is 0 Å². The molecular weight excluding hydrogens is 256 g/mol. The van der Waals surface area contributed by atoms with Crippen molar-refractivity contribution in [2.45, 2.75) is 26.9 Å². The molecule has 0 spiro atoms. The van der Waals surface area contributed by atoms with Gasteiger partial charge in [0.2, 0.25) is 5.91 Å². The summed E-state index contributed by atoms with van der Waals surface area (Å²) in [5.74, 6) is -0.383. The standard InChI is InChI=1S/C15H18N2OS/c1-10-6-14(19-11(10)2)9-17-8-12-4-3-5-13(7-12)15(16)18/h3-7,17H,8-9H2,1-2H3,(H2,16,18). The molecule has 100 valence electrons. The minimum atomic E-state index is -0.383. The molecule has 0 fully saturated rings. The van der Waals surface area contributed by atoms with E-state index in [4.69, 9.17) is 5.73 Å². The zero-order valence-electron chi connectivity index (χ0n) is 11.2. The Bertz CT molecular complexity index is 570. The first-order chi connectivity index (χ1) is 9.06. The Morgan fingerprint density at radius 3 is 2.68 bits per heavy atom. The van der Waals surface area contributed by atoms with Crippen LogP contribution in [-0.2, 0) is 13.1 Å². The Labute approximate surface area is 117 Å². The Morgan fingerprint density at radius 2 is 2.05 bits per heavy atom. The Hall–Kier alpha value is -1.65. The van der Waals surface area contributed by atoms with Crippen molar-refractivity contribution in [1.29, 1.82) is 0 Å². The molecule has 0 aliphatic rings. The van der Waals surface area contributed by atoms with Crippen molar-refractivity contribution in [2.75, 3.05) is 0 Å². The van der Waals surface area contributed by atoms with Crippen LogP contribution in [0, 0.1) is 13.8 Å². The van der Waals surface area contributed by atoms with E-state index in [1.54, 1.807) is 6.07 Å². The summed E-state index contributed by atoms with van der Waals surface area (Å²) in [5, 5.41) is 3.38. The lowest BCUT2D eigenvalue weighted by Crippen LogP contribution is -2.14. The molecule has 19 heavy (non-hydrogen) atoms. The molecule has 0 aliphatic carbocycles. The third kappa shape index (κ3) is 3.66. The number of nitrogens with one attached hydrogen (secondary N) is 1. The van der Waals surface area contributed by atoms with Gasteiger partial charge in [-0.25, -0.2) is 0 Å². The summed E-state index contributed by atoms with van der Waals surface area (Å²) >= 11 is 1.82. The van der Waals surface area contributed by atoms with Gasteiger partial charge in [-0.15, -0.1) is 11.3 Å². The topological polar surface area (TPSA) is 55.1 Å². The summed E-state index contributed by atoms with van der Waals surface area (Å²) in [6, 6.07) is 9.63. The summed E-state index contributed by atoms with van der Waals surface area (Å²) in [7, 11) is 0. The number of hydrogen-bond donors (Lipinski definition) is 2. The molecule has 0 aliphatic heterocycles. The Balaban J connectivity index is 1.92. The van der Waals surface area contributed by atoms with Crippen molar-refractivity contribution in [3.05, 3.63) is 56.8 Å². The molecule has 1 heterocycles. The summed E-state index contributed by atoms with van der Waals surface area (Å²) in [5.41, 5.74) is 8.24. The average Bonchev–Trinajstić information content (AvgIpc) is 2.69. The number of carbonyl (C=O) groups excluding carboxylic acids is 1. The van der Waals surface area contributed by atoms with E-state index in [1.807, 2.05) is 29.5 Å². The number of hydrogen-bond acceptors (Lipinski definition) is 3. The number of nitrogens with two attached hydrogens (primary N) is 1. The van der Waals surface area contributed by atoms with Crippen LogP contribution in [-0.4, -0.2) is 5.91 Å². The highest BCUT2D eigenvalue weighted by atomic mass is 32.1. The van der Waals surface area contributed by atoms with Crippen LogP contribution in [0.2, 0.25) is 0 Å². The first-order valence-corrected chi connectivity index (χ1v) is 7.03. The molecule has 0 unspecified atom stereocenters. The van der Waals surface area contributed by atoms with Crippen LogP contribution in [0.4, 0.5) is 0 Å². The SMILES string of the molecule is Cc1cc(CNCc2cccc(C(N)=O)c2)sc1C. The molecule has 1 aromatic heterocycles. The van der Waals surface area contributed by atoms with Crippen molar-refractivity contribution in [3.8, 4) is 0 Å². The number of thiophene rings is 1. The van der Waals surface area contributed by atoms with E-state index in [1.165, 1.54) is 15.3 Å². The lowest BCUT2D eigenvalue weighted by Gasteiger charge is -2.04. The molecule has 0 atom stereocenters. The lowest BCUT2D eigenvalue weighted by atomic mass is 10.1. The number of primary amides is 1. The van der Waals surface area contributed by atoms with Crippen LogP contribution in [0.15, 0.2) is 30.3 Å². The molecule has 0 bridgehead atoms. The summed E-state index contributed by atoms with van der Waals surface area (Å²) in [6.45, 7) is 5.85. The van der Waals surface area contributed by atoms with Crippen LogP contribution in [0.1, 0.15) is 31.2 Å². The molecule has 2 aromatic rings. The highest BCUT2D eigenvalue weighted by Gasteiger charge is 2.03. The van der Waals surface area contributed by atoms with Gasteiger partial charge in [0.05, 0.1) is 0 Å². The fourth-order valence-electron chi connectivity index (χ4n) is 1.90.